The van der Waals surface area contributed by atoms with E-state index in [9.17, 15) is 14.4 Å². The van der Waals surface area contributed by atoms with Gasteiger partial charge in [0.1, 0.15) is 0 Å². The third kappa shape index (κ3) is 3.83. The number of aromatic nitrogens is 2. The van der Waals surface area contributed by atoms with Gasteiger partial charge in [-0.05, 0) is 17.7 Å². The Hall–Kier alpha value is -2.60. The second-order valence-corrected chi connectivity index (χ2v) is 5.87. The summed E-state index contributed by atoms with van der Waals surface area (Å²) in [6.45, 7) is 0.355. The molecule has 0 aliphatic carbocycles. The lowest BCUT2D eigenvalue weighted by atomic mass is 10.2. The van der Waals surface area contributed by atoms with Crippen LogP contribution >= 0.6 is 11.6 Å². The zero-order valence-electron chi connectivity index (χ0n) is 13.7. The first kappa shape index (κ1) is 17.7. The van der Waals surface area contributed by atoms with Crippen molar-refractivity contribution in [3.05, 3.63) is 73.5 Å². The van der Waals surface area contributed by atoms with E-state index in [-0.39, 0.29) is 11.5 Å². The Morgan fingerprint density at radius 3 is 2.58 bits per heavy atom. The summed E-state index contributed by atoms with van der Waals surface area (Å²) in [4.78, 5) is 37.3. The minimum Gasteiger partial charge on any atom is -0.338 e. The van der Waals surface area contributed by atoms with Crippen LogP contribution in [0.15, 0.2) is 46.1 Å². The third-order valence-electron chi connectivity index (χ3n) is 3.62. The first-order valence-corrected chi connectivity index (χ1v) is 7.62. The van der Waals surface area contributed by atoms with Crippen molar-refractivity contribution in [1.29, 1.82) is 0 Å². The number of rotatable bonds is 4. The zero-order chi connectivity index (χ0) is 17.9. The summed E-state index contributed by atoms with van der Waals surface area (Å²) < 4.78 is 2.29. The Bertz CT molecular complexity index is 912. The van der Waals surface area contributed by atoms with Gasteiger partial charge < -0.3 is 9.47 Å². The van der Waals surface area contributed by atoms with Crippen molar-refractivity contribution in [2.45, 2.75) is 6.54 Å². The van der Waals surface area contributed by atoms with E-state index in [1.165, 1.54) is 34.9 Å². The van der Waals surface area contributed by atoms with Crippen molar-refractivity contribution in [3.63, 3.8) is 0 Å². The van der Waals surface area contributed by atoms with Crippen LogP contribution in [-0.4, -0.2) is 27.0 Å². The minimum absolute atomic E-state index is 0.263. The van der Waals surface area contributed by atoms with Crippen LogP contribution in [0.3, 0.4) is 0 Å². The highest BCUT2D eigenvalue weighted by molar-refractivity contribution is 6.31. The maximum atomic E-state index is 12.2. The highest BCUT2D eigenvalue weighted by Gasteiger charge is 2.09. The molecule has 0 saturated heterocycles. The molecule has 0 saturated carbocycles. The largest absolute Gasteiger partial charge is 0.338 e. The molecule has 1 aromatic carbocycles. The van der Waals surface area contributed by atoms with Gasteiger partial charge in [-0.2, -0.15) is 0 Å². The van der Waals surface area contributed by atoms with Crippen molar-refractivity contribution in [2.75, 3.05) is 7.05 Å². The number of aryl methyl sites for hydroxylation is 1. The van der Waals surface area contributed by atoms with Crippen LogP contribution in [0.2, 0.25) is 5.02 Å². The molecular formula is C17H18ClN3O3. The molecule has 0 radical (unpaired) electrons. The molecule has 1 amide bonds. The van der Waals surface area contributed by atoms with E-state index in [0.29, 0.717) is 11.6 Å². The lowest BCUT2D eigenvalue weighted by Crippen LogP contribution is -2.37. The van der Waals surface area contributed by atoms with Crippen molar-refractivity contribution in [1.82, 2.24) is 14.0 Å². The monoisotopic (exact) mass is 347 g/mol. The highest BCUT2D eigenvalue weighted by atomic mass is 35.5. The van der Waals surface area contributed by atoms with Gasteiger partial charge >= 0.3 is 5.69 Å². The standard InChI is InChI=1S/C17H18ClN3O3/c1-19(10-12-6-4-5-7-14(12)18)15(22)9-8-13-11-20(2)17(24)21(3)16(13)23/h4-9,11H,10H2,1-3H3/b9-8+. The van der Waals surface area contributed by atoms with Gasteiger partial charge in [0.25, 0.3) is 5.56 Å². The second-order valence-electron chi connectivity index (χ2n) is 5.46. The Labute approximate surface area is 144 Å². The predicted octanol–water partition coefficient (Wildman–Crippen LogP) is 1.41. The molecule has 1 aromatic heterocycles. The summed E-state index contributed by atoms with van der Waals surface area (Å²) in [5, 5.41) is 0.591. The van der Waals surface area contributed by atoms with Crippen LogP contribution in [0.5, 0.6) is 0 Å². The summed E-state index contributed by atoms with van der Waals surface area (Å²) in [6.07, 6.45) is 4.12. The van der Waals surface area contributed by atoms with E-state index in [4.69, 9.17) is 11.6 Å². The molecule has 24 heavy (non-hydrogen) atoms. The summed E-state index contributed by atoms with van der Waals surface area (Å²) in [7, 11) is 4.59. The molecule has 0 spiro atoms. The first-order chi connectivity index (χ1) is 11.3. The smallest absolute Gasteiger partial charge is 0.330 e. The molecule has 7 heteroatoms. The van der Waals surface area contributed by atoms with Gasteiger partial charge in [-0.3, -0.25) is 14.2 Å². The third-order valence-corrected chi connectivity index (χ3v) is 3.99. The maximum absolute atomic E-state index is 12.2. The average Bonchev–Trinajstić information content (AvgIpc) is 2.56. The van der Waals surface area contributed by atoms with Gasteiger partial charge in [-0.15, -0.1) is 0 Å². The first-order valence-electron chi connectivity index (χ1n) is 7.24. The summed E-state index contributed by atoms with van der Waals surface area (Å²) >= 11 is 6.08. The van der Waals surface area contributed by atoms with Gasteiger partial charge in [0, 0.05) is 45.0 Å². The fourth-order valence-electron chi connectivity index (χ4n) is 2.20. The van der Waals surface area contributed by atoms with Crippen molar-refractivity contribution in [3.8, 4) is 0 Å². The molecular weight excluding hydrogens is 330 g/mol. The van der Waals surface area contributed by atoms with Gasteiger partial charge in [-0.25, -0.2) is 4.79 Å². The molecule has 0 fully saturated rings. The maximum Gasteiger partial charge on any atom is 0.330 e. The van der Waals surface area contributed by atoms with Crippen LogP contribution in [-0.2, 0) is 25.4 Å². The molecule has 0 atom stereocenters. The van der Waals surface area contributed by atoms with Crippen molar-refractivity contribution < 1.29 is 4.79 Å². The van der Waals surface area contributed by atoms with Crippen LogP contribution in [0.1, 0.15) is 11.1 Å². The Balaban J connectivity index is 2.18. The number of benzene rings is 1. The van der Waals surface area contributed by atoms with Crippen molar-refractivity contribution in [2.24, 2.45) is 14.1 Å². The quantitative estimate of drug-likeness (QED) is 0.785. The fraction of sp³-hybridized carbons (Fsp3) is 0.235. The summed E-state index contributed by atoms with van der Waals surface area (Å²) in [6, 6.07) is 7.28. The number of carbonyl (C=O) groups excluding carboxylic acids is 1. The van der Waals surface area contributed by atoms with Gasteiger partial charge in [0.15, 0.2) is 0 Å². The molecule has 0 unspecified atom stereocenters. The van der Waals surface area contributed by atoms with Gasteiger partial charge in [0.2, 0.25) is 5.91 Å². The van der Waals surface area contributed by atoms with E-state index in [0.717, 1.165) is 10.1 Å². The molecule has 6 nitrogen and oxygen atoms in total. The van der Waals surface area contributed by atoms with Crippen LogP contribution < -0.4 is 11.2 Å². The average molecular weight is 348 g/mol. The molecule has 126 valence electrons. The highest BCUT2D eigenvalue weighted by Crippen LogP contribution is 2.16. The molecule has 0 N–H and O–H groups in total. The number of nitrogens with zero attached hydrogens (tertiary/aromatic N) is 3. The number of carbonyl (C=O) groups is 1. The van der Waals surface area contributed by atoms with E-state index in [1.807, 2.05) is 18.2 Å². The second kappa shape index (κ2) is 7.31. The minimum atomic E-state index is -0.448. The fourth-order valence-corrected chi connectivity index (χ4v) is 2.39. The number of likely N-dealkylation sites (N-methyl/N-ethyl adjacent to an activating group) is 1. The van der Waals surface area contributed by atoms with Gasteiger partial charge in [-0.1, -0.05) is 29.8 Å². The zero-order valence-corrected chi connectivity index (χ0v) is 14.4. The SMILES string of the molecule is CN(Cc1ccccc1Cl)C(=O)/C=C/c1cn(C)c(=O)n(C)c1=O. The van der Waals surface area contributed by atoms with Crippen LogP contribution in [0.4, 0.5) is 0 Å². The lowest BCUT2D eigenvalue weighted by Gasteiger charge is -2.16. The molecule has 0 bridgehead atoms. The van der Waals surface area contributed by atoms with E-state index >= 15 is 0 Å². The van der Waals surface area contributed by atoms with Crippen molar-refractivity contribution >= 4 is 23.6 Å². The molecule has 2 rings (SSSR count). The Morgan fingerprint density at radius 1 is 1.25 bits per heavy atom. The summed E-state index contributed by atoms with van der Waals surface area (Å²) in [5.74, 6) is -0.272. The van der Waals surface area contributed by atoms with Crippen LogP contribution in [0.25, 0.3) is 6.08 Å². The number of hydrogen-bond acceptors (Lipinski definition) is 3. The Morgan fingerprint density at radius 2 is 1.92 bits per heavy atom. The van der Waals surface area contributed by atoms with E-state index in [2.05, 4.69) is 0 Å². The normalized spacial score (nSPS) is 11.0. The summed E-state index contributed by atoms with van der Waals surface area (Å²) in [5.41, 5.74) is 0.232. The molecule has 2 aromatic rings. The topological polar surface area (TPSA) is 64.3 Å². The predicted molar refractivity (Wildman–Crippen MR) is 93.9 cm³/mol. The van der Waals surface area contributed by atoms with E-state index in [1.54, 1.807) is 20.2 Å². The van der Waals surface area contributed by atoms with Gasteiger partial charge in [0.05, 0.1) is 5.56 Å². The lowest BCUT2D eigenvalue weighted by molar-refractivity contribution is -0.125. The van der Waals surface area contributed by atoms with Crippen LogP contribution in [0, 0.1) is 0 Å². The number of amides is 1. The number of halogens is 1. The molecule has 0 aliphatic rings. The molecule has 0 aliphatic heterocycles. The molecule has 1 heterocycles. The van der Waals surface area contributed by atoms with E-state index < -0.39 is 11.2 Å². The Kier molecular flexibility index (Phi) is 5.41. The number of hydrogen-bond donors (Lipinski definition) is 0.